The van der Waals surface area contributed by atoms with Crippen molar-refractivity contribution in [3.8, 4) is 0 Å². The number of anilines is 3. The van der Waals surface area contributed by atoms with Crippen LogP contribution in [0.2, 0.25) is 5.02 Å². The predicted molar refractivity (Wildman–Crippen MR) is 100 cm³/mol. The molecule has 9 heteroatoms. The maximum atomic E-state index is 13.4. The van der Waals surface area contributed by atoms with Gasteiger partial charge >= 0.3 is 0 Å². The first-order valence-corrected chi connectivity index (χ1v) is 8.56. The minimum Gasteiger partial charge on any atom is -0.338 e. The van der Waals surface area contributed by atoms with Crippen molar-refractivity contribution >= 4 is 45.9 Å². The number of nitrogens with one attached hydrogen (secondary N) is 1. The van der Waals surface area contributed by atoms with Crippen LogP contribution >= 0.6 is 11.6 Å². The summed E-state index contributed by atoms with van der Waals surface area (Å²) in [5.74, 6) is 0.256. The molecule has 1 aliphatic rings. The predicted octanol–water partition coefficient (Wildman–Crippen LogP) is 3.49. The van der Waals surface area contributed by atoms with Crippen LogP contribution in [0.1, 0.15) is 6.92 Å². The summed E-state index contributed by atoms with van der Waals surface area (Å²) in [4.78, 5) is 30.8. The average Bonchev–Trinajstić information content (AvgIpc) is 2.67. The fourth-order valence-electron chi connectivity index (χ4n) is 2.63. The molecule has 1 aliphatic heterocycles. The fourth-order valence-corrected chi connectivity index (χ4v) is 2.81. The van der Waals surface area contributed by atoms with E-state index in [9.17, 15) is 9.18 Å². The summed E-state index contributed by atoms with van der Waals surface area (Å²) in [7, 11) is 0. The van der Waals surface area contributed by atoms with Gasteiger partial charge in [-0.05, 0) is 18.2 Å². The van der Waals surface area contributed by atoms with Crippen LogP contribution in [-0.2, 0) is 4.79 Å². The lowest BCUT2D eigenvalue weighted by molar-refractivity contribution is -0.119. The van der Waals surface area contributed by atoms with E-state index in [4.69, 9.17) is 11.6 Å². The van der Waals surface area contributed by atoms with Gasteiger partial charge in [0.05, 0.1) is 17.8 Å². The molecule has 27 heavy (non-hydrogen) atoms. The second-order valence-electron chi connectivity index (χ2n) is 6.10. The highest BCUT2D eigenvalue weighted by Crippen LogP contribution is 2.26. The molecule has 7 nitrogen and oxygen atoms in total. The number of ketones is 1. The summed E-state index contributed by atoms with van der Waals surface area (Å²) in [6.45, 7) is 2.05. The Morgan fingerprint density at radius 2 is 2.15 bits per heavy atom. The minimum absolute atomic E-state index is 0.000220. The number of fused-ring (bicyclic) bond motifs is 1. The van der Waals surface area contributed by atoms with Gasteiger partial charge in [-0.1, -0.05) is 24.6 Å². The smallest absolute Gasteiger partial charge is 0.230 e. The normalized spacial score (nSPS) is 16.8. The van der Waals surface area contributed by atoms with Gasteiger partial charge in [0, 0.05) is 17.8 Å². The Labute approximate surface area is 158 Å². The zero-order valence-corrected chi connectivity index (χ0v) is 15.0. The van der Waals surface area contributed by atoms with E-state index < -0.39 is 5.82 Å². The summed E-state index contributed by atoms with van der Waals surface area (Å²) in [5, 5.41) is 3.06. The number of halogens is 2. The van der Waals surface area contributed by atoms with Crippen molar-refractivity contribution in [3.63, 3.8) is 0 Å². The summed E-state index contributed by atoms with van der Waals surface area (Å²) < 4.78 is 13.4. The molecule has 2 aromatic heterocycles. The Kier molecular flexibility index (Phi) is 4.41. The summed E-state index contributed by atoms with van der Waals surface area (Å²) >= 11 is 5.83. The van der Waals surface area contributed by atoms with Gasteiger partial charge in [-0.2, -0.15) is 0 Å². The van der Waals surface area contributed by atoms with Crippen molar-refractivity contribution < 1.29 is 9.18 Å². The molecule has 0 amide bonds. The lowest BCUT2D eigenvalue weighted by atomic mass is 10.0. The number of benzene rings is 1. The highest BCUT2D eigenvalue weighted by molar-refractivity contribution is 6.31. The van der Waals surface area contributed by atoms with E-state index in [0.29, 0.717) is 28.5 Å². The molecule has 0 spiro atoms. The largest absolute Gasteiger partial charge is 0.338 e. The van der Waals surface area contributed by atoms with Crippen molar-refractivity contribution in [2.45, 2.75) is 6.92 Å². The molecular weight excluding hydrogens is 371 g/mol. The second-order valence-corrected chi connectivity index (χ2v) is 6.51. The Morgan fingerprint density at radius 3 is 2.93 bits per heavy atom. The van der Waals surface area contributed by atoms with E-state index in [1.54, 1.807) is 29.4 Å². The molecular formula is C18H14ClFN6O. The summed E-state index contributed by atoms with van der Waals surface area (Å²) in [6, 6.07) is 4.27. The number of nitrogens with zero attached hydrogens (tertiary/aromatic N) is 5. The van der Waals surface area contributed by atoms with Crippen molar-refractivity contribution in [2.75, 3.05) is 16.8 Å². The third-order valence-corrected chi connectivity index (χ3v) is 4.48. The molecule has 136 valence electrons. The number of hydrogen-bond acceptors (Lipinski definition) is 7. The third kappa shape index (κ3) is 3.43. The molecule has 1 N–H and O–H groups in total. The van der Waals surface area contributed by atoms with Gasteiger partial charge in [-0.15, -0.1) is 0 Å². The summed E-state index contributed by atoms with van der Waals surface area (Å²) in [6.07, 6.45) is 6.55. The highest BCUT2D eigenvalue weighted by atomic mass is 35.5. The van der Waals surface area contributed by atoms with Gasteiger partial charge in [0.15, 0.2) is 11.6 Å². The van der Waals surface area contributed by atoms with Gasteiger partial charge in [0.2, 0.25) is 5.95 Å². The van der Waals surface area contributed by atoms with E-state index >= 15 is 0 Å². The van der Waals surface area contributed by atoms with Crippen molar-refractivity contribution in [3.05, 3.63) is 53.8 Å². The zero-order chi connectivity index (χ0) is 19.0. The van der Waals surface area contributed by atoms with Crippen LogP contribution in [0.5, 0.6) is 0 Å². The van der Waals surface area contributed by atoms with E-state index in [1.165, 1.54) is 18.5 Å². The van der Waals surface area contributed by atoms with Gasteiger partial charge in [-0.25, -0.2) is 24.3 Å². The molecule has 1 atom stereocenters. The van der Waals surface area contributed by atoms with Gasteiger partial charge in [-0.3, -0.25) is 4.79 Å². The van der Waals surface area contributed by atoms with E-state index in [0.717, 1.165) is 0 Å². The van der Waals surface area contributed by atoms with E-state index in [1.807, 2.05) is 6.92 Å². The molecule has 4 rings (SSSR count). The van der Waals surface area contributed by atoms with E-state index in [2.05, 4.69) is 25.3 Å². The van der Waals surface area contributed by atoms with Gasteiger partial charge in [0.1, 0.15) is 23.2 Å². The maximum Gasteiger partial charge on any atom is 0.230 e. The van der Waals surface area contributed by atoms with Crippen molar-refractivity contribution in [2.24, 2.45) is 5.92 Å². The molecule has 0 saturated carbocycles. The van der Waals surface area contributed by atoms with Gasteiger partial charge < -0.3 is 10.2 Å². The van der Waals surface area contributed by atoms with Crippen LogP contribution in [0, 0.1) is 11.7 Å². The molecule has 0 radical (unpaired) electrons. The van der Waals surface area contributed by atoms with Crippen molar-refractivity contribution in [1.82, 2.24) is 19.9 Å². The van der Waals surface area contributed by atoms with Crippen LogP contribution in [-0.4, -0.2) is 32.3 Å². The molecule has 0 saturated heterocycles. The molecule has 0 bridgehead atoms. The Morgan fingerprint density at radius 1 is 1.30 bits per heavy atom. The van der Waals surface area contributed by atoms with Crippen LogP contribution < -0.4 is 10.2 Å². The van der Waals surface area contributed by atoms with Crippen LogP contribution in [0.4, 0.5) is 21.8 Å². The minimum atomic E-state index is -0.504. The molecule has 0 aliphatic carbocycles. The number of allylic oxidation sites excluding steroid dienone is 1. The van der Waals surface area contributed by atoms with Crippen LogP contribution in [0.3, 0.4) is 0 Å². The topological polar surface area (TPSA) is 83.9 Å². The molecule has 3 heterocycles. The maximum absolute atomic E-state index is 13.4. The SMILES string of the molecule is CC1C=CN(c2ncc3ncnc(Nc4ccc(F)c(Cl)c4)c3n2)CC1=O. The average molecular weight is 385 g/mol. The van der Waals surface area contributed by atoms with E-state index in [-0.39, 0.29) is 23.3 Å². The first kappa shape index (κ1) is 17.3. The molecule has 0 fully saturated rings. The number of aromatic nitrogens is 4. The first-order chi connectivity index (χ1) is 13.0. The Bertz CT molecular complexity index is 1070. The zero-order valence-electron chi connectivity index (χ0n) is 14.2. The lowest BCUT2D eigenvalue weighted by Crippen LogP contribution is -2.33. The molecule has 1 unspecified atom stereocenters. The molecule has 3 aromatic rings. The highest BCUT2D eigenvalue weighted by Gasteiger charge is 2.21. The van der Waals surface area contributed by atoms with Gasteiger partial charge in [0.25, 0.3) is 0 Å². The standard InChI is InChI=1S/C18H14ClFN6O/c1-10-4-5-26(8-15(10)27)18-21-7-14-16(25-18)17(23-9-22-14)24-11-2-3-13(20)12(19)6-11/h2-7,9-10H,8H2,1H3,(H,22,23,24). The third-order valence-electron chi connectivity index (χ3n) is 4.19. The quantitative estimate of drug-likeness (QED) is 0.739. The Balaban J connectivity index is 1.72. The Hall–Kier alpha value is -3.13. The van der Waals surface area contributed by atoms with Crippen LogP contribution in [0.25, 0.3) is 11.0 Å². The number of carbonyl (C=O) groups is 1. The van der Waals surface area contributed by atoms with Crippen molar-refractivity contribution in [1.29, 1.82) is 0 Å². The number of Topliss-reactive ketones (excluding diaryl/α,β-unsaturated/α-hetero) is 1. The number of hydrogen-bond donors (Lipinski definition) is 1. The van der Waals surface area contributed by atoms with Crippen LogP contribution in [0.15, 0.2) is 43.0 Å². The monoisotopic (exact) mass is 384 g/mol. The second kappa shape index (κ2) is 6.88. The number of carbonyl (C=O) groups excluding carboxylic acids is 1. The first-order valence-electron chi connectivity index (χ1n) is 8.19. The fraction of sp³-hybridized carbons (Fsp3) is 0.167. The molecule has 1 aromatic carbocycles. The lowest BCUT2D eigenvalue weighted by Gasteiger charge is -2.23. The number of rotatable bonds is 3. The summed E-state index contributed by atoms with van der Waals surface area (Å²) in [5.41, 5.74) is 1.57.